The fourth-order valence-electron chi connectivity index (χ4n) is 2.93. The highest BCUT2D eigenvalue weighted by Crippen LogP contribution is 2.32. The summed E-state index contributed by atoms with van der Waals surface area (Å²) >= 11 is 6.30. The van der Waals surface area contributed by atoms with E-state index in [1.165, 1.54) is 4.31 Å². The molecule has 2 N–H and O–H groups in total. The molecule has 3 rings (SSSR count). The standard InChI is InChI=1S/C22H23ClN2O2S/c1-16(2)15-25(22-6-4-3-5-21(22)23)28(26,27)20-13-9-18(10-14-20)17-7-11-19(24)12-8-17/h3-14,16H,15,24H2,1-2H3. The number of para-hydroxylation sites is 1. The molecular weight excluding hydrogens is 392 g/mol. The Morgan fingerprint density at radius 1 is 0.893 bits per heavy atom. The summed E-state index contributed by atoms with van der Waals surface area (Å²) in [7, 11) is -3.75. The van der Waals surface area contributed by atoms with E-state index in [1.807, 2.05) is 38.1 Å². The predicted molar refractivity (Wildman–Crippen MR) is 117 cm³/mol. The number of nitrogens with zero attached hydrogens (tertiary/aromatic N) is 1. The van der Waals surface area contributed by atoms with Crippen molar-refractivity contribution in [1.82, 2.24) is 0 Å². The topological polar surface area (TPSA) is 63.4 Å². The third-order valence-electron chi connectivity index (χ3n) is 4.34. The van der Waals surface area contributed by atoms with Gasteiger partial charge in [0, 0.05) is 12.2 Å². The Bertz CT molecular complexity index is 1050. The molecule has 0 saturated heterocycles. The summed E-state index contributed by atoms with van der Waals surface area (Å²) in [6.07, 6.45) is 0. The van der Waals surface area contributed by atoms with E-state index >= 15 is 0 Å². The Morgan fingerprint density at radius 3 is 1.96 bits per heavy atom. The van der Waals surface area contributed by atoms with Gasteiger partial charge in [0.15, 0.2) is 0 Å². The zero-order valence-corrected chi connectivity index (χ0v) is 17.4. The molecule has 0 saturated carbocycles. The van der Waals surface area contributed by atoms with Gasteiger partial charge in [-0.2, -0.15) is 0 Å². The van der Waals surface area contributed by atoms with E-state index in [9.17, 15) is 8.42 Å². The Kier molecular flexibility index (Phi) is 5.96. The molecule has 6 heteroatoms. The van der Waals surface area contributed by atoms with Crippen molar-refractivity contribution in [3.05, 3.63) is 77.8 Å². The predicted octanol–water partition coefficient (Wildman–Crippen LogP) is 5.44. The summed E-state index contributed by atoms with van der Waals surface area (Å²) in [5.74, 6) is 0.139. The van der Waals surface area contributed by atoms with Crippen LogP contribution in [0.3, 0.4) is 0 Å². The highest BCUT2D eigenvalue weighted by molar-refractivity contribution is 7.92. The quantitative estimate of drug-likeness (QED) is 0.546. The summed E-state index contributed by atoms with van der Waals surface area (Å²) in [4.78, 5) is 0.229. The van der Waals surface area contributed by atoms with Crippen molar-refractivity contribution in [1.29, 1.82) is 0 Å². The molecule has 0 spiro atoms. The van der Waals surface area contributed by atoms with Crippen molar-refractivity contribution in [2.45, 2.75) is 18.7 Å². The number of rotatable bonds is 6. The van der Waals surface area contributed by atoms with Crippen LogP contribution in [-0.4, -0.2) is 15.0 Å². The number of nitrogens with two attached hydrogens (primary N) is 1. The van der Waals surface area contributed by atoms with Gasteiger partial charge in [-0.25, -0.2) is 8.42 Å². The van der Waals surface area contributed by atoms with Crippen LogP contribution in [0.5, 0.6) is 0 Å². The maximum absolute atomic E-state index is 13.4. The van der Waals surface area contributed by atoms with Gasteiger partial charge in [0.05, 0.1) is 15.6 Å². The van der Waals surface area contributed by atoms with Crippen LogP contribution >= 0.6 is 11.6 Å². The second-order valence-electron chi connectivity index (χ2n) is 7.03. The molecule has 0 radical (unpaired) electrons. The lowest BCUT2D eigenvalue weighted by Crippen LogP contribution is -2.34. The van der Waals surface area contributed by atoms with Crippen LogP contribution in [0, 0.1) is 5.92 Å². The van der Waals surface area contributed by atoms with Crippen LogP contribution in [0.25, 0.3) is 11.1 Å². The minimum Gasteiger partial charge on any atom is -0.399 e. The van der Waals surface area contributed by atoms with E-state index < -0.39 is 10.0 Å². The number of benzene rings is 3. The Morgan fingerprint density at radius 2 is 1.43 bits per heavy atom. The Labute approximate surface area is 171 Å². The van der Waals surface area contributed by atoms with Crippen LogP contribution in [0.4, 0.5) is 11.4 Å². The van der Waals surface area contributed by atoms with E-state index in [-0.39, 0.29) is 10.8 Å². The van der Waals surface area contributed by atoms with Crippen molar-refractivity contribution < 1.29 is 8.42 Å². The highest BCUT2D eigenvalue weighted by atomic mass is 35.5. The van der Waals surface area contributed by atoms with Gasteiger partial charge < -0.3 is 5.73 Å². The fourth-order valence-corrected chi connectivity index (χ4v) is 4.87. The van der Waals surface area contributed by atoms with Gasteiger partial charge in [0.2, 0.25) is 0 Å². The van der Waals surface area contributed by atoms with E-state index in [4.69, 9.17) is 17.3 Å². The molecule has 0 heterocycles. The zero-order valence-electron chi connectivity index (χ0n) is 15.8. The van der Waals surface area contributed by atoms with Crippen molar-refractivity contribution in [2.24, 2.45) is 5.92 Å². The minimum atomic E-state index is -3.75. The van der Waals surface area contributed by atoms with E-state index in [2.05, 4.69) is 0 Å². The lowest BCUT2D eigenvalue weighted by Gasteiger charge is -2.27. The van der Waals surface area contributed by atoms with Gasteiger partial charge in [0.25, 0.3) is 10.0 Å². The molecule has 0 unspecified atom stereocenters. The van der Waals surface area contributed by atoms with Crippen LogP contribution in [0.2, 0.25) is 5.02 Å². The Hall–Kier alpha value is -2.50. The Balaban J connectivity index is 1.99. The number of sulfonamides is 1. The first-order valence-corrected chi connectivity index (χ1v) is 10.8. The third kappa shape index (κ3) is 4.32. The lowest BCUT2D eigenvalue weighted by molar-refractivity contribution is 0.578. The molecule has 28 heavy (non-hydrogen) atoms. The summed E-state index contributed by atoms with van der Waals surface area (Å²) in [5.41, 5.74) is 8.80. The summed E-state index contributed by atoms with van der Waals surface area (Å²) in [6.45, 7) is 4.29. The first-order valence-electron chi connectivity index (χ1n) is 9.02. The van der Waals surface area contributed by atoms with Gasteiger partial charge in [-0.3, -0.25) is 4.31 Å². The van der Waals surface area contributed by atoms with Crippen LogP contribution < -0.4 is 10.0 Å². The number of halogens is 1. The molecule has 146 valence electrons. The molecule has 4 nitrogen and oxygen atoms in total. The molecule has 0 aromatic heterocycles. The molecule has 3 aromatic carbocycles. The molecule has 0 bridgehead atoms. The maximum atomic E-state index is 13.4. The van der Waals surface area contributed by atoms with Gasteiger partial charge in [-0.05, 0) is 53.4 Å². The van der Waals surface area contributed by atoms with E-state index in [0.29, 0.717) is 22.9 Å². The number of nitrogen functional groups attached to an aromatic ring is 1. The number of anilines is 2. The fraction of sp³-hybridized carbons (Fsp3) is 0.182. The summed E-state index contributed by atoms with van der Waals surface area (Å²) in [6, 6.07) is 21.3. The molecule has 0 amide bonds. The molecule has 0 fully saturated rings. The molecule has 0 atom stereocenters. The van der Waals surface area contributed by atoms with Crippen LogP contribution in [0.15, 0.2) is 77.7 Å². The third-order valence-corrected chi connectivity index (χ3v) is 6.45. The van der Waals surface area contributed by atoms with Crippen molar-refractivity contribution >= 4 is 33.0 Å². The first-order chi connectivity index (χ1) is 13.3. The monoisotopic (exact) mass is 414 g/mol. The average Bonchev–Trinajstić information content (AvgIpc) is 2.67. The molecule has 3 aromatic rings. The highest BCUT2D eigenvalue weighted by Gasteiger charge is 2.27. The van der Waals surface area contributed by atoms with Crippen molar-refractivity contribution in [3.8, 4) is 11.1 Å². The largest absolute Gasteiger partial charge is 0.399 e. The minimum absolute atomic E-state index is 0.139. The molecule has 0 aliphatic rings. The second-order valence-corrected chi connectivity index (χ2v) is 9.30. The molecular formula is C22H23ClN2O2S. The van der Waals surface area contributed by atoms with Gasteiger partial charge in [-0.1, -0.05) is 61.8 Å². The van der Waals surface area contributed by atoms with Gasteiger partial charge in [0.1, 0.15) is 0 Å². The van der Waals surface area contributed by atoms with Crippen LogP contribution in [0.1, 0.15) is 13.8 Å². The van der Waals surface area contributed by atoms with Crippen LogP contribution in [-0.2, 0) is 10.0 Å². The molecule has 0 aliphatic carbocycles. The maximum Gasteiger partial charge on any atom is 0.264 e. The van der Waals surface area contributed by atoms with E-state index in [0.717, 1.165) is 11.1 Å². The zero-order chi connectivity index (χ0) is 20.3. The summed E-state index contributed by atoms with van der Waals surface area (Å²) < 4.78 is 28.1. The second kappa shape index (κ2) is 8.25. The molecule has 0 aliphatic heterocycles. The summed E-state index contributed by atoms with van der Waals surface area (Å²) in [5, 5.41) is 0.408. The smallest absolute Gasteiger partial charge is 0.264 e. The number of hydrogen-bond donors (Lipinski definition) is 1. The van der Waals surface area contributed by atoms with Crippen molar-refractivity contribution in [2.75, 3.05) is 16.6 Å². The van der Waals surface area contributed by atoms with Gasteiger partial charge >= 0.3 is 0 Å². The van der Waals surface area contributed by atoms with Crippen molar-refractivity contribution in [3.63, 3.8) is 0 Å². The van der Waals surface area contributed by atoms with Gasteiger partial charge in [-0.15, -0.1) is 0 Å². The SMILES string of the molecule is CC(C)CN(c1ccccc1Cl)S(=O)(=O)c1ccc(-c2ccc(N)cc2)cc1. The lowest BCUT2D eigenvalue weighted by atomic mass is 10.1. The first kappa shape index (κ1) is 20.2. The average molecular weight is 415 g/mol. The number of hydrogen-bond acceptors (Lipinski definition) is 3. The van der Waals surface area contributed by atoms with E-state index in [1.54, 1.807) is 48.5 Å². The normalized spacial score (nSPS) is 11.6.